The van der Waals surface area contributed by atoms with Crippen LogP contribution >= 0.6 is 31.9 Å². The number of carbonyl (C=O) groups is 1. The quantitative estimate of drug-likeness (QED) is 0.759. The van der Waals surface area contributed by atoms with Gasteiger partial charge in [0, 0.05) is 20.2 Å². The largest absolute Gasteiger partial charge is 0.399 e. The van der Waals surface area contributed by atoms with Crippen molar-refractivity contribution >= 4 is 43.5 Å². The number of nitrogens with two attached hydrogens (primary N) is 1. The summed E-state index contributed by atoms with van der Waals surface area (Å²) < 4.78 is 1.78. The molecule has 0 unspecified atom stereocenters. The number of halogens is 2. The Morgan fingerprint density at radius 1 is 1.15 bits per heavy atom. The molecular formula is C15H14Br2N2O. The fourth-order valence-electron chi connectivity index (χ4n) is 1.88. The first-order valence-corrected chi connectivity index (χ1v) is 7.66. The molecule has 104 valence electrons. The maximum absolute atomic E-state index is 12.2. The van der Waals surface area contributed by atoms with Gasteiger partial charge in [0.15, 0.2) is 0 Å². The van der Waals surface area contributed by atoms with E-state index in [1.54, 1.807) is 18.2 Å². The molecule has 0 aliphatic heterocycles. The molecule has 20 heavy (non-hydrogen) atoms. The van der Waals surface area contributed by atoms with Gasteiger partial charge in [0.2, 0.25) is 0 Å². The van der Waals surface area contributed by atoms with Crippen LogP contribution in [-0.2, 0) is 0 Å². The molecule has 0 saturated carbocycles. The predicted molar refractivity (Wildman–Crippen MR) is 88.6 cm³/mol. The van der Waals surface area contributed by atoms with Crippen LogP contribution in [0.25, 0.3) is 0 Å². The molecule has 3 nitrogen and oxygen atoms in total. The van der Waals surface area contributed by atoms with Crippen LogP contribution in [0.4, 0.5) is 5.69 Å². The molecule has 0 bridgehead atoms. The van der Waals surface area contributed by atoms with Gasteiger partial charge in [0.25, 0.3) is 5.91 Å². The lowest BCUT2D eigenvalue weighted by Gasteiger charge is -2.15. The highest BCUT2D eigenvalue weighted by Crippen LogP contribution is 2.20. The van der Waals surface area contributed by atoms with Crippen molar-refractivity contribution in [1.29, 1.82) is 0 Å². The first kappa shape index (κ1) is 15.1. The molecule has 1 atom stereocenters. The molecule has 2 aromatic rings. The van der Waals surface area contributed by atoms with Crippen molar-refractivity contribution in [2.24, 2.45) is 0 Å². The topological polar surface area (TPSA) is 55.1 Å². The van der Waals surface area contributed by atoms with E-state index in [2.05, 4.69) is 37.2 Å². The number of amides is 1. The highest BCUT2D eigenvalue weighted by Gasteiger charge is 2.12. The van der Waals surface area contributed by atoms with E-state index in [4.69, 9.17) is 5.73 Å². The Bertz CT molecular complexity index is 623. The highest BCUT2D eigenvalue weighted by atomic mass is 79.9. The third kappa shape index (κ3) is 3.84. The Balaban J connectivity index is 2.15. The number of hydrogen-bond acceptors (Lipinski definition) is 2. The normalized spacial score (nSPS) is 11.9. The Hall–Kier alpha value is -1.33. The zero-order valence-electron chi connectivity index (χ0n) is 10.9. The zero-order valence-corrected chi connectivity index (χ0v) is 14.0. The SMILES string of the molecule is C[C@H](NC(=O)c1cc(N)cc(Br)c1)c1cccc(Br)c1. The summed E-state index contributed by atoms with van der Waals surface area (Å²) in [6.45, 7) is 1.95. The van der Waals surface area contributed by atoms with E-state index in [0.717, 1.165) is 14.5 Å². The van der Waals surface area contributed by atoms with Crippen LogP contribution in [0.5, 0.6) is 0 Å². The fraction of sp³-hybridized carbons (Fsp3) is 0.133. The number of nitrogen functional groups attached to an aromatic ring is 1. The number of nitrogens with one attached hydrogen (secondary N) is 1. The summed E-state index contributed by atoms with van der Waals surface area (Å²) in [7, 11) is 0. The van der Waals surface area contributed by atoms with Crippen molar-refractivity contribution in [1.82, 2.24) is 5.32 Å². The number of hydrogen-bond donors (Lipinski definition) is 2. The van der Waals surface area contributed by atoms with Gasteiger partial charge in [0.1, 0.15) is 0 Å². The Morgan fingerprint density at radius 2 is 1.90 bits per heavy atom. The molecule has 1 amide bonds. The van der Waals surface area contributed by atoms with Gasteiger partial charge in [0.05, 0.1) is 6.04 Å². The molecular weight excluding hydrogens is 384 g/mol. The summed E-state index contributed by atoms with van der Waals surface area (Å²) in [6, 6.07) is 12.9. The maximum atomic E-state index is 12.2. The van der Waals surface area contributed by atoms with Crippen LogP contribution in [0.3, 0.4) is 0 Å². The molecule has 3 N–H and O–H groups in total. The van der Waals surface area contributed by atoms with Crippen molar-refractivity contribution in [2.75, 3.05) is 5.73 Å². The van der Waals surface area contributed by atoms with Crippen molar-refractivity contribution in [3.63, 3.8) is 0 Å². The first-order valence-electron chi connectivity index (χ1n) is 6.08. The summed E-state index contributed by atoms with van der Waals surface area (Å²) >= 11 is 6.76. The monoisotopic (exact) mass is 396 g/mol. The standard InChI is InChI=1S/C15H14Br2N2O/c1-9(10-3-2-4-12(16)5-10)19-15(20)11-6-13(17)8-14(18)7-11/h2-9H,18H2,1H3,(H,19,20)/t9-/m0/s1. The predicted octanol–water partition coefficient (Wildman–Crippen LogP) is 4.28. The van der Waals surface area contributed by atoms with E-state index >= 15 is 0 Å². The first-order chi connectivity index (χ1) is 9.45. The number of benzene rings is 2. The maximum Gasteiger partial charge on any atom is 0.251 e. The molecule has 0 aliphatic rings. The second-order valence-corrected chi connectivity index (χ2v) is 6.35. The van der Waals surface area contributed by atoms with E-state index < -0.39 is 0 Å². The summed E-state index contributed by atoms with van der Waals surface area (Å²) in [5.74, 6) is -0.148. The highest BCUT2D eigenvalue weighted by molar-refractivity contribution is 9.10. The van der Waals surface area contributed by atoms with Crippen LogP contribution in [0, 0.1) is 0 Å². The van der Waals surface area contributed by atoms with Crippen molar-refractivity contribution in [3.8, 4) is 0 Å². The van der Waals surface area contributed by atoms with Crippen LogP contribution in [-0.4, -0.2) is 5.91 Å². The second-order valence-electron chi connectivity index (χ2n) is 4.52. The molecule has 0 aliphatic carbocycles. The molecule has 2 aromatic carbocycles. The van der Waals surface area contributed by atoms with E-state index in [-0.39, 0.29) is 11.9 Å². The van der Waals surface area contributed by atoms with Crippen LogP contribution in [0.2, 0.25) is 0 Å². The van der Waals surface area contributed by atoms with Crippen molar-refractivity contribution < 1.29 is 4.79 Å². The van der Waals surface area contributed by atoms with Gasteiger partial charge in [-0.3, -0.25) is 4.79 Å². The lowest BCUT2D eigenvalue weighted by atomic mass is 10.1. The van der Waals surface area contributed by atoms with Crippen molar-refractivity contribution in [3.05, 3.63) is 62.5 Å². The summed E-state index contributed by atoms with van der Waals surface area (Å²) in [4.78, 5) is 12.2. The van der Waals surface area contributed by atoms with Gasteiger partial charge < -0.3 is 11.1 Å². The van der Waals surface area contributed by atoms with Gasteiger partial charge in [-0.25, -0.2) is 0 Å². The number of rotatable bonds is 3. The number of carbonyl (C=O) groups excluding carboxylic acids is 1. The van der Waals surface area contributed by atoms with Gasteiger partial charge in [-0.1, -0.05) is 44.0 Å². The molecule has 0 saturated heterocycles. The molecule has 0 aromatic heterocycles. The second kappa shape index (κ2) is 6.41. The average molecular weight is 398 g/mol. The smallest absolute Gasteiger partial charge is 0.251 e. The zero-order chi connectivity index (χ0) is 14.7. The lowest BCUT2D eigenvalue weighted by molar-refractivity contribution is 0.0940. The molecule has 0 spiro atoms. The van der Waals surface area contributed by atoms with Gasteiger partial charge in [-0.2, -0.15) is 0 Å². The Kier molecular flexibility index (Phi) is 4.83. The molecule has 2 rings (SSSR count). The Labute approximate surface area is 134 Å². The van der Waals surface area contributed by atoms with Crippen LogP contribution < -0.4 is 11.1 Å². The molecule has 0 heterocycles. The molecule has 5 heteroatoms. The fourth-order valence-corrected chi connectivity index (χ4v) is 2.81. The van der Waals surface area contributed by atoms with Crippen LogP contribution in [0.1, 0.15) is 28.9 Å². The van der Waals surface area contributed by atoms with E-state index in [9.17, 15) is 4.79 Å². The van der Waals surface area contributed by atoms with Gasteiger partial charge in [-0.15, -0.1) is 0 Å². The molecule has 0 fully saturated rings. The third-order valence-corrected chi connectivity index (χ3v) is 3.83. The minimum Gasteiger partial charge on any atom is -0.399 e. The van der Waals surface area contributed by atoms with E-state index in [0.29, 0.717) is 11.3 Å². The van der Waals surface area contributed by atoms with Gasteiger partial charge in [-0.05, 0) is 42.8 Å². The summed E-state index contributed by atoms with van der Waals surface area (Å²) in [6.07, 6.45) is 0. The minimum absolute atomic E-state index is 0.0831. The van der Waals surface area contributed by atoms with Crippen LogP contribution in [0.15, 0.2) is 51.4 Å². The van der Waals surface area contributed by atoms with Crippen molar-refractivity contribution in [2.45, 2.75) is 13.0 Å². The lowest BCUT2D eigenvalue weighted by Crippen LogP contribution is -2.26. The minimum atomic E-state index is -0.148. The summed E-state index contributed by atoms with van der Waals surface area (Å²) in [5, 5.41) is 2.96. The molecule has 0 radical (unpaired) electrons. The number of anilines is 1. The summed E-state index contributed by atoms with van der Waals surface area (Å²) in [5.41, 5.74) is 7.88. The third-order valence-electron chi connectivity index (χ3n) is 2.88. The average Bonchev–Trinajstić information content (AvgIpc) is 2.37. The van der Waals surface area contributed by atoms with E-state index in [1.165, 1.54) is 0 Å². The Morgan fingerprint density at radius 3 is 2.55 bits per heavy atom. The van der Waals surface area contributed by atoms with E-state index in [1.807, 2.05) is 31.2 Å². The van der Waals surface area contributed by atoms with Gasteiger partial charge >= 0.3 is 0 Å².